The van der Waals surface area contributed by atoms with E-state index >= 15 is 0 Å². The average Bonchev–Trinajstić information content (AvgIpc) is 2.35. The van der Waals surface area contributed by atoms with Crippen LogP contribution in [0.15, 0.2) is 23.8 Å². The second kappa shape index (κ2) is 4.47. The van der Waals surface area contributed by atoms with Crippen molar-refractivity contribution in [3.8, 4) is 0 Å². The van der Waals surface area contributed by atoms with Crippen LogP contribution in [0.4, 0.5) is 0 Å². The number of fused-ring (bicyclic) bond motifs is 1. The van der Waals surface area contributed by atoms with Crippen molar-refractivity contribution in [1.29, 1.82) is 0 Å². The van der Waals surface area contributed by atoms with E-state index in [9.17, 15) is 14.7 Å². The van der Waals surface area contributed by atoms with Crippen LogP contribution in [-0.2, 0) is 9.59 Å². The lowest BCUT2D eigenvalue weighted by molar-refractivity contribution is -0.126. The number of hydrogen-bond donors (Lipinski definition) is 1. The van der Waals surface area contributed by atoms with Crippen LogP contribution in [0, 0.1) is 23.2 Å². The molecule has 4 atom stereocenters. The van der Waals surface area contributed by atoms with Gasteiger partial charge in [-0.2, -0.15) is 0 Å². The summed E-state index contributed by atoms with van der Waals surface area (Å²) in [5.74, 6) is -0.129. The van der Waals surface area contributed by atoms with Crippen LogP contribution in [0.1, 0.15) is 27.2 Å². The van der Waals surface area contributed by atoms with Crippen molar-refractivity contribution < 1.29 is 14.7 Å². The van der Waals surface area contributed by atoms with Crippen molar-refractivity contribution in [1.82, 2.24) is 0 Å². The molecule has 0 radical (unpaired) electrons. The number of carbonyl (C=O) groups excluding carboxylic acids is 2. The third kappa shape index (κ3) is 1.87. The summed E-state index contributed by atoms with van der Waals surface area (Å²) in [6.45, 7) is 5.87. The first-order valence-corrected chi connectivity index (χ1v) is 6.49. The molecule has 2 aliphatic carbocycles. The minimum absolute atomic E-state index is 0.00776. The number of allylic oxidation sites excluding steroid dienone is 4. The number of aliphatic hydroxyl groups is 1. The summed E-state index contributed by atoms with van der Waals surface area (Å²) in [6, 6.07) is 0. The second-order valence-electron chi connectivity index (χ2n) is 5.85. The van der Waals surface area contributed by atoms with Gasteiger partial charge in [0.25, 0.3) is 0 Å². The van der Waals surface area contributed by atoms with E-state index in [1.165, 1.54) is 0 Å². The van der Waals surface area contributed by atoms with Crippen molar-refractivity contribution in [2.45, 2.75) is 27.2 Å². The number of ketones is 2. The fraction of sp³-hybridized carbons (Fsp3) is 0.600. The van der Waals surface area contributed by atoms with E-state index in [1.807, 2.05) is 13.8 Å². The van der Waals surface area contributed by atoms with Gasteiger partial charge in [0.15, 0.2) is 11.6 Å². The number of rotatable bonds is 2. The van der Waals surface area contributed by atoms with E-state index in [0.29, 0.717) is 6.42 Å². The third-order valence-corrected chi connectivity index (χ3v) is 4.75. The summed E-state index contributed by atoms with van der Waals surface area (Å²) in [5.41, 5.74) is 0.689. The highest BCUT2D eigenvalue weighted by atomic mass is 16.3. The van der Waals surface area contributed by atoms with Crippen LogP contribution in [0.3, 0.4) is 0 Å². The van der Waals surface area contributed by atoms with E-state index < -0.39 is 0 Å². The van der Waals surface area contributed by atoms with Gasteiger partial charge >= 0.3 is 0 Å². The molecule has 0 aromatic rings. The predicted molar refractivity (Wildman–Crippen MR) is 68.9 cm³/mol. The Morgan fingerprint density at radius 3 is 2.67 bits per heavy atom. The molecule has 2 rings (SSSR count). The molecule has 0 fully saturated rings. The molecule has 0 amide bonds. The lowest BCUT2D eigenvalue weighted by atomic mass is 9.58. The minimum Gasteiger partial charge on any atom is -0.396 e. The van der Waals surface area contributed by atoms with E-state index in [4.69, 9.17) is 0 Å². The van der Waals surface area contributed by atoms with E-state index in [1.54, 1.807) is 18.2 Å². The van der Waals surface area contributed by atoms with Crippen molar-refractivity contribution in [3.63, 3.8) is 0 Å². The Morgan fingerprint density at radius 1 is 1.39 bits per heavy atom. The standard InChI is InChI=1S/C15H20O3/c1-9(8-16)12-7-15(3)10(2)13(17)5-4-11(15)6-14(12)18/h4-6,9-10,12,16H,7-8H2,1-3H3/t9-,10-,12+,15-/m1/s1. The first-order valence-electron chi connectivity index (χ1n) is 6.49. The molecule has 98 valence electrons. The molecular weight excluding hydrogens is 228 g/mol. The fourth-order valence-electron chi connectivity index (χ4n) is 3.00. The second-order valence-corrected chi connectivity index (χ2v) is 5.85. The number of carbonyl (C=O) groups is 2. The molecule has 0 unspecified atom stereocenters. The SMILES string of the molecule is C[C@H](CO)[C@@H]1C[C@@]2(C)C(=CC1=O)C=CC(=O)[C@H]2C. The molecule has 0 bridgehead atoms. The third-order valence-electron chi connectivity index (χ3n) is 4.75. The quantitative estimate of drug-likeness (QED) is 0.812. The Morgan fingerprint density at radius 2 is 2.06 bits per heavy atom. The van der Waals surface area contributed by atoms with E-state index in [0.717, 1.165) is 5.57 Å². The molecule has 0 saturated carbocycles. The van der Waals surface area contributed by atoms with E-state index in [-0.39, 0.29) is 41.3 Å². The van der Waals surface area contributed by atoms with Gasteiger partial charge in [0.05, 0.1) is 0 Å². The maximum Gasteiger partial charge on any atom is 0.159 e. The van der Waals surface area contributed by atoms with Crippen LogP contribution >= 0.6 is 0 Å². The molecule has 3 nitrogen and oxygen atoms in total. The molecular formula is C15H20O3. The maximum atomic E-state index is 12.1. The first kappa shape index (κ1) is 13.2. The molecule has 3 heteroatoms. The van der Waals surface area contributed by atoms with Crippen molar-refractivity contribution >= 4 is 11.6 Å². The summed E-state index contributed by atoms with van der Waals surface area (Å²) in [5, 5.41) is 9.25. The van der Waals surface area contributed by atoms with Gasteiger partial charge < -0.3 is 5.11 Å². The molecule has 0 aromatic heterocycles. The zero-order valence-electron chi connectivity index (χ0n) is 11.1. The van der Waals surface area contributed by atoms with Crippen LogP contribution in [-0.4, -0.2) is 23.3 Å². The largest absolute Gasteiger partial charge is 0.396 e. The van der Waals surface area contributed by atoms with Crippen molar-refractivity contribution in [3.05, 3.63) is 23.8 Å². The molecule has 0 aliphatic heterocycles. The Balaban J connectivity index is 2.42. The van der Waals surface area contributed by atoms with Crippen LogP contribution in [0.25, 0.3) is 0 Å². The fourth-order valence-corrected chi connectivity index (χ4v) is 3.00. The molecule has 0 spiro atoms. The minimum atomic E-state index is -0.270. The maximum absolute atomic E-state index is 12.1. The van der Waals surface area contributed by atoms with E-state index in [2.05, 4.69) is 6.92 Å². The van der Waals surface area contributed by atoms with Gasteiger partial charge in [-0.1, -0.05) is 26.8 Å². The number of hydrogen-bond acceptors (Lipinski definition) is 3. The Kier molecular flexibility index (Phi) is 3.28. The van der Waals surface area contributed by atoms with Crippen molar-refractivity contribution in [2.24, 2.45) is 23.2 Å². The van der Waals surface area contributed by atoms with Crippen LogP contribution < -0.4 is 0 Å². The summed E-state index contributed by atoms with van der Waals surface area (Å²) in [4.78, 5) is 23.9. The van der Waals surface area contributed by atoms with Gasteiger partial charge in [-0.3, -0.25) is 9.59 Å². The molecule has 1 N–H and O–H groups in total. The monoisotopic (exact) mass is 248 g/mol. The van der Waals surface area contributed by atoms with Gasteiger partial charge in [-0.25, -0.2) is 0 Å². The van der Waals surface area contributed by atoms with Crippen LogP contribution in [0.2, 0.25) is 0 Å². The smallest absolute Gasteiger partial charge is 0.159 e. The zero-order valence-corrected chi connectivity index (χ0v) is 11.1. The summed E-state index contributed by atoms with van der Waals surface area (Å²) < 4.78 is 0. The Hall–Kier alpha value is -1.22. The Bertz CT molecular complexity index is 447. The normalized spacial score (nSPS) is 37.2. The summed E-state index contributed by atoms with van der Waals surface area (Å²) in [7, 11) is 0. The zero-order chi connectivity index (χ0) is 13.5. The summed E-state index contributed by atoms with van der Waals surface area (Å²) in [6.07, 6.45) is 5.66. The van der Waals surface area contributed by atoms with Gasteiger partial charge in [0.2, 0.25) is 0 Å². The molecule has 0 heterocycles. The number of aliphatic hydroxyl groups excluding tert-OH is 1. The first-order chi connectivity index (χ1) is 8.40. The van der Waals surface area contributed by atoms with Gasteiger partial charge in [0.1, 0.15) is 0 Å². The van der Waals surface area contributed by atoms with Gasteiger partial charge in [-0.05, 0) is 30.1 Å². The lowest BCUT2D eigenvalue weighted by Gasteiger charge is -2.44. The molecule has 0 saturated heterocycles. The average molecular weight is 248 g/mol. The lowest BCUT2D eigenvalue weighted by Crippen LogP contribution is -2.43. The highest BCUT2D eigenvalue weighted by molar-refractivity contribution is 5.99. The molecule has 18 heavy (non-hydrogen) atoms. The van der Waals surface area contributed by atoms with Crippen molar-refractivity contribution in [2.75, 3.05) is 6.61 Å². The topological polar surface area (TPSA) is 54.4 Å². The highest BCUT2D eigenvalue weighted by Gasteiger charge is 2.46. The molecule has 0 aromatic carbocycles. The summed E-state index contributed by atoms with van der Waals surface area (Å²) >= 11 is 0. The Labute approximate surface area is 108 Å². The predicted octanol–water partition coefficient (Wildman–Crippen LogP) is 1.91. The molecule has 2 aliphatic rings. The highest BCUT2D eigenvalue weighted by Crippen LogP contribution is 2.49. The van der Waals surface area contributed by atoms with Crippen LogP contribution in [0.5, 0.6) is 0 Å². The van der Waals surface area contributed by atoms with Gasteiger partial charge in [0, 0.05) is 23.9 Å². The van der Waals surface area contributed by atoms with Gasteiger partial charge in [-0.15, -0.1) is 0 Å².